The van der Waals surface area contributed by atoms with Gasteiger partial charge in [-0.25, -0.2) is 4.39 Å². The van der Waals surface area contributed by atoms with Crippen molar-refractivity contribution >= 4 is 56.3 Å². The Balaban J connectivity index is 1.60. The maximum absolute atomic E-state index is 14.4. The van der Waals surface area contributed by atoms with Crippen LogP contribution in [0.5, 0.6) is 0 Å². The molecule has 1 aliphatic heterocycles. The van der Waals surface area contributed by atoms with Crippen LogP contribution in [0.2, 0.25) is 0 Å². The minimum absolute atomic E-state index is 0.0284. The van der Waals surface area contributed by atoms with Crippen LogP contribution in [0.15, 0.2) is 18.2 Å². The predicted molar refractivity (Wildman–Crippen MR) is 121 cm³/mol. The van der Waals surface area contributed by atoms with Gasteiger partial charge in [-0.3, -0.25) is 9.59 Å². The second-order valence-electron chi connectivity index (χ2n) is 7.80. The van der Waals surface area contributed by atoms with Crippen molar-refractivity contribution in [1.29, 1.82) is 0 Å². The first-order chi connectivity index (χ1) is 14.2. The quantitative estimate of drug-likeness (QED) is 0.537. The number of hydrogen-bond acceptors (Lipinski definition) is 6. The molecule has 6 nitrogen and oxygen atoms in total. The highest BCUT2D eigenvalue weighted by molar-refractivity contribution is 14.1. The van der Waals surface area contributed by atoms with Crippen LogP contribution in [0.1, 0.15) is 52.3 Å². The summed E-state index contributed by atoms with van der Waals surface area (Å²) < 4.78 is 26.4. The molecule has 1 unspecified atom stereocenters. The zero-order valence-electron chi connectivity index (χ0n) is 16.6. The van der Waals surface area contributed by atoms with E-state index >= 15 is 0 Å². The van der Waals surface area contributed by atoms with E-state index in [0.717, 1.165) is 9.13 Å². The number of ether oxygens (including phenoxy) is 2. The van der Waals surface area contributed by atoms with Gasteiger partial charge in [0.2, 0.25) is 0 Å². The number of ketones is 1. The third-order valence-electron chi connectivity index (χ3n) is 5.05. The first-order valence-corrected chi connectivity index (χ1v) is 11.6. The van der Waals surface area contributed by atoms with Crippen LogP contribution in [0.25, 0.3) is 0 Å². The van der Waals surface area contributed by atoms with E-state index in [2.05, 4.69) is 10.6 Å². The highest BCUT2D eigenvalue weighted by Crippen LogP contribution is 2.40. The number of fused-ring (bicyclic) bond motifs is 1. The average Bonchev–Trinajstić information content (AvgIpc) is 3.22. The highest BCUT2D eigenvalue weighted by Gasteiger charge is 2.34. The molecule has 0 saturated carbocycles. The smallest absolute Gasteiger partial charge is 0.254 e. The normalized spacial score (nSPS) is 20.1. The fraction of sp³-hybridized carbons (Fsp3) is 0.429. The van der Waals surface area contributed by atoms with Crippen molar-refractivity contribution in [1.82, 2.24) is 5.32 Å². The van der Waals surface area contributed by atoms with Gasteiger partial charge in [-0.2, -0.15) is 0 Å². The molecule has 2 aliphatic rings. The van der Waals surface area contributed by atoms with Gasteiger partial charge in [0.15, 0.2) is 11.6 Å². The van der Waals surface area contributed by atoms with Gasteiger partial charge in [0.05, 0.1) is 22.7 Å². The second kappa shape index (κ2) is 8.52. The Morgan fingerprint density at radius 3 is 2.87 bits per heavy atom. The molecule has 1 fully saturated rings. The van der Waals surface area contributed by atoms with Gasteiger partial charge in [0.25, 0.3) is 5.91 Å². The first kappa shape index (κ1) is 21.7. The fourth-order valence-corrected chi connectivity index (χ4v) is 5.35. The van der Waals surface area contributed by atoms with Crippen LogP contribution in [-0.2, 0) is 15.9 Å². The number of nitrogens with one attached hydrogen (secondary N) is 2. The van der Waals surface area contributed by atoms with E-state index in [1.807, 2.05) is 36.4 Å². The number of benzene rings is 1. The van der Waals surface area contributed by atoms with Gasteiger partial charge in [-0.15, -0.1) is 11.3 Å². The number of Topliss-reactive ketones (excluding diaryl/α,β-unsaturated/α-hetero) is 1. The Labute approximate surface area is 191 Å². The predicted octanol–water partition coefficient (Wildman–Crippen LogP) is 4.64. The van der Waals surface area contributed by atoms with Gasteiger partial charge < -0.3 is 20.1 Å². The molecule has 1 atom stereocenters. The summed E-state index contributed by atoms with van der Waals surface area (Å²) in [5.41, 5.74) is 1.43. The molecule has 2 aromatic rings. The summed E-state index contributed by atoms with van der Waals surface area (Å²) in [4.78, 5) is 26.1. The standard InChI is InChI=1S/C21H22FIN2O4S/c1-21(2)28-10-12(29-21)9-24-19(27)17-13-4-3-5-16(26)18(13)30-20(17)25-15-7-6-11(23)8-14(15)22/h6-8,12,25H,3-5,9-10H2,1-2H3,(H,24,27). The van der Waals surface area contributed by atoms with E-state index in [-0.39, 0.29) is 30.0 Å². The zero-order chi connectivity index (χ0) is 21.5. The zero-order valence-corrected chi connectivity index (χ0v) is 19.6. The summed E-state index contributed by atoms with van der Waals surface area (Å²) in [5, 5.41) is 6.42. The molecule has 1 aliphatic carbocycles. The van der Waals surface area contributed by atoms with E-state index in [0.29, 0.717) is 41.3 Å². The molecule has 160 valence electrons. The van der Waals surface area contributed by atoms with Gasteiger partial charge in [0, 0.05) is 16.5 Å². The topological polar surface area (TPSA) is 76.7 Å². The van der Waals surface area contributed by atoms with Crippen molar-refractivity contribution in [2.75, 3.05) is 18.5 Å². The molecule has 0 radical (unpaired) electrons. The van der Waals surface area contributed by atoms with Crippen LogP contribution in [0, 0.1) is 9.39 Å². The van der Waals surface area contributed by atoms with Crippen molar-refractivity contribution in [3.05, 3.63) is 43.6 Å². The summed E-state index contributed by atoms with van der Waals surface area (Å²) in [6, 6.07) is 4.83. The van der Waals surface area contributed by atoms with Gasteiger partial charge in [0.1, 0.15) is 16.9 Å². The van der Waals surface area contributed by atoms with Crippen molar-refractivity contribution in [2.24, 2.45) is 0 Å². The van der Waals surface area contributed by atoms with Crippen molar-refractivity contribution in [3.8, 4) is 0 Å². The number of thiophene rings is 1. The Bertz CT molecular complexity index is 1010. The molecule has 30 heavy (non-hydrogen) atoms. The Kier molecular flexibility index (Phi) is 6.16. The number of carbonyl (C=O) groups excluding carboxylic acids is 2. The number of halogens is 2. The Morgan fingerprint density at radius 1 is 1.37 bits per heavy atom. The maximum Gasteiger partial charge on any atom is 0.254 e. The monoisotopic (exact) mass is 544 g/mol. The lowest BCUT2D eigenvalue weighted by Gasteiger charge is -2.18. The first-order valence-electron chi connectivity index (χ1n) is 9.74. The third-order valence-corrected chi connectivity index (χ3v) is 6.91. The van der Waals surface area contributed by atoms with Gasteiger partial charge in [-0.1, -0.05) is 0 Å². The molecule has 0 spiro atoms. The van der Waals surface area contributed by atoms with Gasteiger partial charge in [-0.05, 0) is 73.0 Å². The molecule has 1 aromatic carbocycles. The van der Waals surface area contributed by atoms with E-state index in [1.54, 1.807) is 12.1 Å². The molecule has 2 N–H and O–H groups in total. The number of hydrogen-bond donors (Lipinski definition) is 2. The maximum atomic E-state index is 14.4. The number of amides is 1. The third kappa shape index (κ3) is 4.53. The van der Waals surface area contributed by atoms with Crippen LogP contribution in [0.3, 0.4) is 0 Å². The fourth-order valence-electron chi connectivity index (χ4n) is 3.67. The summed E-state index contributed by atoms with van der Waals surface area (Å²) in [7, 11) is 0. The molecule has 1 aromatic heterocycles. The van der Waals surface area contributed by atoms with Crippen LogP contribution in [0.4, 0.5) is 15.1 Å². The minimum atomic E-state index is -0.668. The van der Waals surface area contributed by atoms with Crippen molar-refractivity contribution < 1.29 is 23.5 Å². The number of anilines is 2. The number of rotatable bonds is 5. The molecule has 0 bridgehead atoms. The summed E-state index contributed by atoms with van der Waals surface area (Å²) in [5.74, 6) is -1.35. The van der Waals surface area contributed by atoms with Crippen molar-refractivity contribution in [3.63, 3.8) is 0 Å². The summed E-state index contributed by atoms with van der Waals surface area (Å²) in [6.07, 6.45) is 1.57. The molecule has 9 heteroatoms. The summed E-state index contributed by atoms with van der Waals surface area (Å²) >= 11 is 3.26. The van der Waals surface area contributed by atoms with Gasteiger partial charge >= 0.3 is 0 Å². The molecule has 2 heterocycles. The average molecular weight is 544 g/mol. The highest BCUT2D eigenvalue weighted by atomic mass is 127. The number of carbonyl (C=O) groups is 2. The van der Waals surface area contributed by atoms with E-state index in [4.69, 9.17) is 9.47 Å². The molecular formula is C21H22FIN2O4S. The van der Waals surface area contributed by atoms with Crippen molar-refractivity contribution in [2.45, 2.75) is 45.0 Å². The minimum Gasteiger partial charge on any atom is -0.349 e. The molecule has 1 amide bonds. The molecule has 4 rings (SSSR count). The molecule has 1 saturated heterocycles. The lowest BCUT2D eigenvalue weighted by Crippen LogP contribution is -2.35. The lowest BCUT2D eigenvalue weighted by atomic mass is 9.94. The Morgan fingerprint density at radius 2 is 2.17 bits per heavy atom. The molecular weight excluding hydrogens is 522 g/mol. The van der Waals surface area contributed by atoms with E-state index in [9.17, 15) is 14.0 Å². The van der Waals surface area contributed by atoms with Crippen LogP contribution in [-0.4, -0.2) is 36.7 Å². The Hall–Kier alpha value is -1.56. The van der Waals surface area contributed by atoms with E-state index in [1.165, 1.54) is 17.4 Å². The largest absolute Gasteiger partial charge is 0.349 e. The van der Waals surface area contributed by atoms with Crippen LogP contribution >= 0.6 is 33.9 Å². The SMILES string of the molecule is CC1(C)OCC(CNC(=O)c2c(Nc3ccc(I)cc3F)sc3c2CCCC3=O)O1. The second-order valence-corrected chi connectivity index (χ2v) is 10.1. The van der Waals surface area contributed by atoms with Crippen LogP contribution < -0.4 is 10.6 Å². The van der Waals surface area contributed by atoms with E-state index < -0.39 is 11.6 Å². The summed E-state index contributed by atoms with van der Waals surface area (Å²) in [6.45, 7) is 4.34. The lowest BCUT2D eigenvalue weighted by molar-refractivity contribution is -0.137.